The SMILES string of the molecule is COC(=O)c1cc(=O)c2ccc(/C=C/c3nc(C(C)C)cs3)cc2n1C. The van der Waals surface area contributed by atoms with Crippen molar-refractivity contribution < 1.29 is 9.53 Å². The number of thiazole rings is 1. The number of fused-ring (bicyclic) bond motifs is 1. The number of aryl methyl sites for hydroxylation is 1. The Morgan fingerprint density at radius 1 is 1.27 bits per heavy atom. The van der Waals surface area contributed by atoms with E-state index in [-0.39, 0.29) is 11.1 Å². The average molecular weight is 368 g/mol. The lowest BCUT2D eigenvalue weighted by molar-refractivity contribution is 0.0589. The molecule has 0 aliphatic heterocycles. The van der Waals surface area contributed by atoms with Gasteiger partial charge in [-0.25, -0.2) is 9.78 Å². The Balaban J connectivity index is 2.02. The van der Waals surface area contributed by atoms with Gasteiger partial charge in [-0.1, -0.05) is 26.0 Å². The molecule has 2 heterocycles. The Bertz CT molecular complexity index is 1060. The van der Waals surface area contributed by atoms with Gasteiger partial charge in [0.2, 0.25) is 0 Å². The van der Waals surface area contributed by atoms with Crippen LogP contribution in [-0.4, -0.2) is 22.6 Å². The minimum atomic E-state index is -0.531. The van der Waals surface area contributed by atoms with E-state index in [2.05, 4.69) is 24.2 Å². The van der Waals surface area contributed by atoms with Crippen LogP contribution in [0.5, 0.6) is 0 Å². The molecule has 0 aliphatic rings. The van der Waals surface area contributed by atoms with Crippen molar-refractivity contribution in [3.63, 3.8) is 0 Å². The molecule has 2 aromatic heterocycles. The fourth-order valence-electron chi connectivity index (χ4n) is 2.68. The van der Waals surface area contributed by atoms with Crippen LogP contribution in [0.25, 0.3) is 23.1 Å². The molecule has 0 fully saturated rings. The molecule has 3 aromatic rings. The molecule has 0 amide bonds. The second-order valence-corrected chi connectivity index (χ2v) is 7.21. The third-order valence-corrected chi connectivity index (χ3v) is 5.05. The van der Waals surface area contributed by atoms with Crippen LogP contribution in [0, 0.1) is 0 Å². The fourth-order valence-corrected chi connectivity index (χ4v) is 3.55. The summed E-state index contributed by atoms with van der Waals surface area (Å²) >= 11 is 1.60. The molecular formula is C20H20N2O3S. The van der Waals surface area contributed by atoms with E-state index in [1.54, 1.807) is 29.0 Å². The number of methoxy groups -OCH3 is 1. The highest BCUT2D eigenvalue weighted by atomic mass is 32.1. The van der Waals surface area contributed by atoms with Crippen molar-refractivity contribution in [1.82, 2.24) is 9.55 Å². The zero-order chi connectivity index (χ0) is 18.8. The molecule has 0 saturated carbocycles. The normalized spacial score (nSPS) is 11.6. The quantitative estimate of drug-likeness (QED) is 0.651. The van der Waals surface area contributed by atoms with Gasteiger partial charge in [0, 0.05) is 23.9 Å². The molecule has 26 heavy (non-hydrogen) atoms. The van der Waals surface area contributed by atoms with Crippen LogP contribution in [0.1, 0.15) is 46.5 Å². The number of nitrogens with zero attached hydrogens (tertiary/aromatic N) is 2. The molecule has 0 unspecified atom stereocenters. The number of rotatable bonds is 4. The Labute approximate surface area is 155 Å². The smallest absolute Gasteiger partial charge is 0.354 e. The zero-order valence-corrected chi connectivity index (χ0v) is 16.0. The van der Waals surface area contributed by atoms with Gasteiger partial charge in [0.25, 0.3) is 0 Å². The van der Waals surface area contributed by atoms with Gasteiger partial charge in [-0.3, -0.25) is 4.79 Å². The minimum absolute atomic E-state index is 0.199. The highest BCUT2D eigenvalue weighted by Gasteiger charge is 2.13. The van der Waals surface area contributed by atoms with Crippen molar-refractivity contribution in [2.75, 3.05) is 7.11 Å². The lowest BCUT2D eigenvalue weighted by atomic mass is 10.1. The number of pyridine rings is 1. The Hall–Kier alpha value is -2.73. The second-order valence-electron chi connectivity index (χ2n) is 6.32. The maximum Gasteiger partial charge on any atom is 0.354 e. The molecule has 134 valence electrons. The van der Waals surface area contributed by atoms with Crippen molar-refractivity contribution in [2.24, 2.45) is 7.05 Å². The maximum atomic E-state index is 12.3. The summed E-state index contributed by atoms with van der Waals surface area (Å²) in [5.74, 6) is -0.128. The van der Waals surface area contributed by atoms with Gasteiger partial charge < -0.3 is 9.30 Å². The first-order chi connectivity index (χ1) is 12.4. The zero-order valence-electron chi connectivity index (χ0n) is 15.1. The molecule has 0 aliphatic carbocycles. The summed E-state index contributed by atoms with van der Waals surface area (Å²) in [6.45, 7) is 4.23. The summed E-state index contributed by atoms with van der Waals surface area (Å²) in [5, 5.41) is 3.57. The molecule has 0 N–H and O–H groups in total. The van der Waals surface area contributed by atoms with E-state index in [0.29, 0.717) is 16.8 Å². The number of aromatic nitrogens is 2. The second kappa shape index (κ2) is 7.25. The standard InChI is InChI=1S/C20H20N2O3S/c1-12(2)15-11-26-19(21-15)8-6-13-5-7-14-16(9-13)22(3)17(10-18(14)23)20(24)25-4/h5-12H,1-4H3/b8-6+. The number of hydrogen-bond acceptors (Lipinski definition) is 5. The van der Waals surface area contributed by atoms with E-state index < -0.39 is 5.97 Å². The predicted molar refractivity (Wildman–Crippen MR) is 106 cm³/mol. The third-order valence-electron chi connectivity index (χ3n) is 4.22. The van der Waals surface area contributed by atoms with Crippen LogP contribution in [-0.2, 0) is 11.8 Å². The van der Waals surface area contributed by atoms with Crippen molar-refractivity contribution in [2.45, 2.75) is 19.8 Å². The molecule has 0 saturated heterocycles. The topological polar surface area (TPSA) is 61.2 Å². The van der Waals surface area contributed by atoms with Gasteiger partial charge in [-0.05, 0) is 29.7 Å². The summed E-state index contributed by atoms with van der Waals surface area (Å²) < 4.78 is 6.44. The molecule has 0 radical (unpaired) electrons. The summed E-state index contributed by atoms with van der Waals surface area (Å²) in [6.07, 6.45) is 3.91. The number of ether oxygens (including phenoxy) is 1. The average Bonchev–Trinajstić information content (AvgIpc) is 3.11. The monoisotopic (exact) mass is 368 g/mol. The summed E-state index contributed by atoms with van der Waals surface area (Å²) in [7, 11) is 3.05. The third kappa shape index (κ3) is 3.46. The largest absolute Gasteiger partial charge is 0.464 e. The molecular weight excluding hydrogens is 348 g/mol. The van der Waals surface area contributed by atoms with Gasteiger partial charge in [-0.2, -0.15) is 0 Å². The first kappa shape index (κ1) is 18.1. The first-order valence-corrected chi connectivity index (χ1v) is 9.14. The fraction of sp³-hybridized carbons (Fsp3) is 0.250. The van der Waals surface area contributed by atoms with E-state index in [1.807, 2.05) is 24.3 Å². The molecule has 1 aromatic carbocycles. The number of esters is 1. The van der Waals surface area contributed by atoms with Crippen LogP contribution >= 0.6 is 11.3 Å². The maximum absolute atomic E-state index is 12.3. The molecule has 0 spiro atoms. The van der Waals surface area contributed by atoms with Gasteiger partial charge in [0.15, 0.2) is 5.43 Å². The van der Waals surface area contributed by atoms with Gasteiger partial charge in [-0.15, -0.1) is 11.3 Å². The summed E-state index contributed by atoms with van der Waals surface area (Å²) in [5.41, 5.74) is 2.72. The number of carbonyl (C=O) groups excluding carboxylic acids is 1. The van der Waals surface area contributed by atoms with Crippen LogP contribution in [0.3, 0.4) is 0 Å². The molecule has 3 rings (SSSR count). The van der Waals surface area contributed by atoms with E-state index in [1.165, 1.54) is 13.2 Å². The van der Waals surface area contributed by atoms with Crippen LogP contribution in [0.2, 0.25) is 0 Å². The van der Waals surface area contributed by atoms with E-state index in [0.717, 1.165) is 16.3 Å². The molecule has 0 atom stereocenters. The van der Waals surface area contributed by atoms with Crippen molar-refractivity contribution in [3.8, 4) is 0 Å². The van der Waals surface area contributed by atoms with Crippen molar-refractivity contribution in [1.29, 1.82) is 0 Å². The highest BCUT2D eigenvalue weighted by molar-refractivity contribution is 7.10. The molecule has 5 nitrogen and oxygen atoms in total. The number of carbonyl (C=O) groups is 1. The van der Waals surface area contributed by atoms with Crippen molar-refractivity contribution in [3.05, 3.63) is 61.8 Å². The van der Waals surface area contributed by atoms with E-state index in [4.69, 9.17) is 4.74 Å². The van der Waals surface area contributed by atoms with E-state index >= 15 is 0 Å². The molecule has 6 heteroatoms. The Kier molecular flexibility index (Phi) is 5.04. The Morgan fingerprint density at radius 2 is 2.04 bits per heavy atom. The van der Waals surface area contributed by atoms with Crippen molar-refractivity contribution >= 4 is 40.4 Å². The minimum Gasteiger partial charge on any atom is -0.464 e. The van der Waals surface area contributed by atoms with Gasteiger partial charge >= 0.3 is 5.97 Å². The van der Waals surface area contributed by atoms with Crippen LogP contribution < -0.4 is 5.43 Å². The lowest BCUT2D eigenvalue weighted by Crippen LogP contribution is -2.17. The summed E-state index contributed by atoms with van der Waals surface area (Å²) in [4.78, 5) is 28.7. The van der Waals surface area contributed by atoms with Crippen LogP contribution in [0.15, 0.2) is 34.4 Å². The summed E-state index contributed by atoms with van der Waals surface area (Å²) in [6, 6.07) is 6.86. The number of benzene rings is 1. The highest BCUT2D eigenvalue weighted by Crippen LogP contribution is 2.21. The predicted octanol–water partition coefficient (Wildman–Crippen LogP) is 4.08. The van der Waals surface area contributed by atoms with Gasteiger partial charge in [0.1, 0.15) is 10.7 Å². The Morgan fingerprint density at radius 3 is 2.69 bits per heavy atom. The molecule has 0 bridgehead atoms. The first-order valence-electron chi connectivity index (χ1n) is 8.26. The van der Waals surface area contributed by atoms with E-state index in [9.17, 15) is 9.59 Å². The lowest BCUT2D eigenvalue weighted by Gasteiger charge is -2.11. The number of hydrogen-bond donors (Lipinski definition) is 0. The van der Waals surface area contributed by atoms with Gasteiger partial charge in [0.05, 0.1) is 18.3 Å². The van der Waals surface area contributed by atoms with Crippen LogP contribution in [0.4, 0.5) is 0 Å².